The number of aromatic nitrogens is 3. The van der Waals surface area contributed by atoms with Crippen LogP contribution in [0.1, 0.15) is 42.7 Å². The second-order valence-corrected chi connectivity index (χ2v) is 6.28. The lowest BCUT2D eigenvalue weighted by molar-refractivity contribution is 0.0798. The summed E-state index contributed by atoms with van der Waals surface area (Å²) in [5.41, 5.74) is 0.0989. The van der Waals surface area contributed by atoms with Gasteiger partial charge >= 0.3 is 5.69 Å². The number of hydrogen-bond acceptors (Lipinski definition) is 5. The number of fused-ring (bicyclic) bond motifs is 1. The van der Waals surface area contributed by atoms with Crippen LogP contribution < -0.4 is 16.6 Å². The number of likely N-dealkylation sites (N-methyl/N-ethyl adjacent to an activating group) is 2. The number of aromatic amines is 1. The van der Waals surface area contributed by atoms with Crippen molar-refractivity contribution >= 4 is 41.8 Å². The van der Waals surface area contributed by atoms with Gasteiger partial charge in [-0.25, -0.2) is 9.78 Å². The van der Waals surface area contributed by atoms with Crippen molar-refractivity contribution in [2.45, 2.75) is 33.2 Å². The number of carbonyl (C=O) groups excluding carboxylic acids is 1. The van der Waals surface area contributed by atoms with E-state index in [-0.39, 0.29) is 53.2 Å². The van der Waals surface area contributed by atoms with E-state index >= 15 is 0 Å². The summed E-state index contributed by atoms with van der Waals surface area (Å²) < 4.78 is 1.38. The highest BCUT2D eigenvalue weighted by molar-refractivity contribution is 6.05. The Balaban J connectivity index is 0.00000338. The number of nitrogens with zero attached hydrogens (tertiary/aromatic N) is 3. The average Bonchev–Trinajstić information content (AvgIpc) is 2.58. The van der Waals surface area contributed by atoms with Crippen LogP contribution in [0.4, 0.5) is 0 Å². The first-order valence-electron chi connectivity index (χ1n) is 8.39. The van der Waals surface area contributed by atoms with Crippen molar-refractivity contribution in [2.75, 3.05) is 27.2 Å². The molecule has 1 amide bonds. The van der Waals surface area contributed by atoms with Gasteiger partial charge in [-0.1, -0.05) is 13.8 Å². The van der Waals surface area contributed by atoms with E-state index in [2.05, 4.69) is 15.3 Å². The van der Waals surface area contributed by atoms with Gasteiger partial charge in [-0.3, -0.25) is 19.1 Å². The highest BCUT2D eigenvalue weighted by atomic mass is 35.5. The quantitative estimate of drug-likeness (QED) is 0.735. The van der Waals surface area contributed by atoms with Crippen molar-refractivity contribution in [3.05, 3.63) is 38.2 Å². The first kappa shape index (κ1) is 25.1. The SMILES string of the molecule is CCn1c(=O)[nH]c(=O)c2c(C(=O)N(C)CCNC)cc(C(C)C)nc21.Cl.Cl. The summed E-state index contributed by atoms with van der Waals surface area (Å²) in [7, 11) is 3.49. The molecule has 0 atom stereocenters. The molecule has 0 radical (unpaired) electrons. The van der Waals surface area contributed by atoms with E-state index < -0.39 is 11.2 Å². The zero-order chi connectivity index (χ0) is 18.7. The van der Waals surface area contributed by atoms with Crippen LogP contribution in [-0.4, -0.2) is 52.5 Å². The van der Waals surface area contributed by atoms with Gasteiger partial charge in [-0.05, 0) is 26.0 Å². The fourth-order valence-electron chi connectivity index (χ4n) is 2.64. The third-order valence-electron chi connectivity index (χ3n) is 4.15. The number of H-pyrrole nitrogens is 1. The number of aryl methyl sites for hydroxylation is 1. The molecule has 0 unspecified atom stereocenters. The van der Waals surface area contributed by atoms with E-state index in [1.807, 2.05) is 20.9 Å². The number of halogens is 2. The van der Waals surface area contributed by atoms with Gasteiger partial charge in [0.25, 0.3) is 11.5 Å². The van der Waals surface area contributed by atoms with Crippen LogP contribution in [0.25, 0.3) is 11.0 Å². The molecule has 27 heavy (non-hydrogen) atoms. The summed E-state index contributed by atoms with van der Waals surface area (Å²) in [4.78, 5) is 45.7. The second kappa shape index (κ2) is 10.4. The zero-order valence-corrected chi connectivity index (χ0v) is 17.8. The minimum Gasteiger partial charge on any atom is -0.340 e. The summed E-state index contributed by atoms with van der Waals surface area (Å²) >= 11 is 0. The molecule has 0 spiro atoms. The van der Waals surface area contributed by atoms with Gasteiger partial charge < -0.3 is 10.2 Å². The van der Waals surface area contributed by atoms with Gasteiger partial charge in [0.2, 0.25) is 0 Å². The number of hydrogen-bond donors (Lipinski definition) is 2. The van der Waals surface area contributed by atoms with Crippen LogP contribution in [-0.2, 0) is 6.54 Å². The van der Waals surface area contributed by atoms with Crippen LogP contribution in [0.3, 0.4) is 0 Å². The molecule has 0 aliphatic heterocycles. The monoisotopic (exact) mass is 419 g/mol. The van der Waals surface area contributed by atoms with Crippen molar-refractivity contribution in [3.63, 3.8) is 0 Å². The van der Waals surface area contributed by atoms with Crippen molar-refractivity contribution < 1.29 is 4.79 Å². The zero-order valence-electron chi connectivity index (χ0n) is 16.2. The van der Waals surface area contributed by atoms with E-state index in [0.717, 1.165) is 0 Å². The molecule has 10 heteroatoms. The first-order valence-corrected chi connectivity index (χ1v) is 8.39. The third-order valence-corrected chi connectivity index (χ3v) is 4.15. The Kier molecular flexibility index (Phi) is 9.70. The Bertz CT molecular complexity index is 908. The van der Waals surface area contributed by atoms with E-state index in [4.69, 9.17) is 0 Å². The molecule has 2 aromatic rings. The number of rotatable bonds is 6. The Morgan fingerprint density at radius 3 is 2.48 bits per heavy atom. The number of amides is 1. The van der Waals surface area contributed by atoms with E-state index in [1.165, 1.54) is 4.57 Å². The topological polar surface area (TPSA) is 100 Å². The number of nitrogens with one attached hydrogen (secondary N) is 2. The van der Waals surface area contributed by atoms with Gasteiger partial charge in [0.05, 0.1) is 10.9 Å². The molecular formula is C17H27Cl2N5O3. The molecule has 2 rings (SSSR count). The van der Waals surface area contributed by atoms with Crippen LogP contribution in [0.2, 0.25) is 0 Å². The highest BCUT2D eigenvalue weighted by Gasteiger charge is 2.22. The molecular weight excluding hydrogens is 393 g/mol. The molecule has 2 aromatic heterocycles. The van der Waals surface area contributed by atoms with Gasteiger partial charge in [-0.15, -0.1) is 24.8 Å². The van der Waals surface area contributed by atoms with Gasteiger partial charge in [0, 0.05) is 32.4 Å². The predicted octanol–water partition coefficient (Wildman–Crippen LogP) is 1.36. The minimum absolute atomic E-state index is 0. The van der Waals surface area contributed by atoms with Crippen molar-refractivity contribution in [3.8, 4) is 0 Å². The standard InChI is InChI=1S/C17H25N5O3.2ClH/c1-6-22-14-13(15(23)20-17(22)25)11(9-12(19-14)10(2)3)16(24)21(5)8-7-18-4;;/h9-10,18H,6-8H2,1-5H3,(H,20,23,25);2*1H. The minimum atomic E-state index is -0.585. The Morgan fingerprint density at radius 1 is 1.33 bits per heavy atom. The average molecular weight is 420 g/mol. The molecule has 0 bridgehead atoms. The van der Waals surface area contributed by atoms with Gasteiger partial charge in [0.15, 0.2) is 5.65 Å². The maximum absolute atomic E-state index is 12.9. The Hall–Kier alpha value is -1.90. The fourth-order valence-corrected chi connectivity index (χ4v) is 2.64. The lowest BCUT2D eigenvalue weighted by Crippen LogP contribution is -2.35. The largest absolute Gasteiger partial charge is 0.340 e. The van der Waals surface area contributed by atoms with Crippen LogP contribution in [0.5, 0.6) is 0 Å². The summed E-state index contributed by atoms with van der Waals surface area (Å²) in [6.07, 6.45) is 0. The van der Waals surface area contributed by atoms with Gasteiger partial charge in [-0.2, -0.15) is 0 Å². The molecule has 0 saturated heterocycles. The van der Waals surface area contributed by atoms with Crippen LogP contribution in [0.15, 0.2) is 15.7 Å². The Labute approximate surface area is 170 Å². The van der Waals surface area contributed by atoms with E-state index in [9.17, 15) is 14.4 Å². The predicted molar refractivity (Wildman–Crippen MR) is 112 cm³/mol. The smallest absolute Gasteiger partial charge is 0.329 e. The van der Waals surface area contributed by atoms with Crippen LogP contribution >= 0.6 is 24.8 Å². The van der Waals surface area contributed by atoms with Gasteiger partial charge in [0.1, 0.15) is 0 Å². The molecule has 8 nitrogen and oxygen atoms in total. The van der Waals surface area contributed by atoms with E-state index in [0.29, 0.717) is 25.3 Å². The Morgan fingerprint density at radius 2 is 1.96 bits per heavy atom. The van der Waals surface area contributed by atoms with Crippen LogP contribution in [0, 0.1) is 0 Å². The molecule has 0 fully saturated rings. The maximum Gasteiger partial charge on any atom is 0.329 e. The highest BCUT2D eigenvalue weighted by Crippen LogP contribution is 2.20. The molecule has 152 valence electrons. The number of pyridine rings is 1. The molecule has 0 aliphatic carbocycles. The number of carbonyl (C=O) groups is 1. The molecule has 0 aromatic carbocycles. The fraction of sp³-hybridized carbons (Fsp3) is 0.529. The molecule has 0 aliphatic rings. The maximum atomic E-state index is 12.9. The lowest BCUT2D eigenvalue weighted by atomic mass is 10.0. The van der Waals surface area contributed by atoms with Crippen molar-refractivity contribution in [1.82, 2.24) is 24.8 Å². The third kappa shape index (κ3) is 5.09. The summed E-state index contributed by atoms with van der Waals surface area (Å²) in [5, 5.41) is 3.15. The summed E-state index contributed by atoms with van der Waals surface area (Å²) in [6.45, 7) is 7.19. The van der Waals surface area contributed by atoms with Crippen molar-refractivity contribution in [2.24, 2.45) is 0 Å². The lowest BCUT2D eigenvalue weighted by Gasteiger charge is -2.19. The molecule has 0 saturated carbocycles. The normalized spacial score (nSPS) is 10.4. The van der Waals surface area contributed by atoms with E-state index in [1.54, 1.807) is 24.9 Å². The second-order valence-electron chi connectivity index (χ2n) is 6.28. The summed E-state index contributed by atoms with van der Waals surface area (Å²) in [5.74, 6) is -0.213. The summed E-state index contributed by atoms with van der Waals surface area (Å²) in [6, 6.07) is 1.66. The molecule has 2 heterocycles. The first-order chi connectivity index (χ1) is 11.8. The van der Waals surface area contributed by atoms with Crippen molar-refractivity contribution in [1.29, 1.82) is 0 Å². The molecule has 2 N–H and O–H groups in total.